The Bertz CT molecular complexity index is 1310. The van der Waals surface area contributed by atoms with Crippen molar-refractivity contribution in [1.29, 1.82) is 0 Å². The lowest BCUT2D eigenvalue weighted by Crippen LogP contribution is -2.52. The van der Waals surface area contributed by atoms with Crippen LogP contribution in [0.4, 0.5) is 0 Å². The number of rotatable bonds is 8. The van der Waals surface area contributed by atoms with Crippen LogP contribution < -0.4 is 19.5 Å². The Morgan fingerprint density at radius 1 is 0.914 bits per heavy atom. The van der Waals surface area contributed by atoms with Crippen LogP contribution in [-0.2, 0) is 34.3 Å². The molecule has 3 aromatic rings. The number of methoxy groups -OCH3 is 3. The number of hydrogen-bond acceptors (Lipinski definition) is 6. The van der Waals surface area contributed by atoms with E-state index in [1.807, 2.05) is 48.5 Å². The number of sulfonamides is 1. The van der Waals surface area contributed by atoms with Crippen molar-refractivity contribution in [1.82, 2.24) is 9.62 Å². The van der Waals surface area contributed by atoms with Gasteiger partial charge in [0, 0.05) is 19.2 Å². The predicted octanol–water partition coefficient (Wildman–Crippen LogP) is 3.14. The second kappa shape index (κ2) is 10.4. The fourth-order valence-electron chi connectivity index (χ4n) is 4.14. The smallest absolute Gasteiger partial charge is 0.244 e. The molecule has 0 fully saturated rings. The SMILES string of the molecule is COc1ccc(CNC(=O)[C@H]2Cc3ccccc3CN2S(=O)(=O)c2ccc(OC)c(OC)c2)cc1. The van der Waals surface area contributed by atoms with Crippen molar-refractivity contribution in [3.05, 3.63) is 83.4 Å². The van der Waals surface area contributed by atoms with E-state index in [0.717, 1.165) is 22.4 Å². The van der Waals surface area contributed by atoms with E-state index in [2.05, 4.69) is 5.32 Å². The molecule has 35 heavy (non-hydrogen) atoms. The lowest BCUT2D eigenvalue weighted by molar-refractivity contribution is -0.125. The van der Waals surface area contributed by atoms with Crippen LogP contribution in [0.5, 0.6) is 17.2 Å². The number of carbonyl (C=O) groups excluding carboxylic acids is 1. The van der Waals surface area contributed by atoms with Gasteiger partial charge in [0.15, 0.2) is 11.5 Å². The molecule has 1 N–H and O–H groups in total. The highest BCUT2D eigenvalue weighted by molar-refractivity contribution is 7.89. The molecule has 8 nitrogen and oxygen atoms in total. The summed E-state index contributed by atoms with van der Waals surface area (Å²) in [5.74, 6) is 1.08. The third-order valence-corrected chi connectivity index (χ3v) is 7.95. The summed E-state index contributed by atoms with van der Waals surface area (Å²) in [5, 5.41) is 2.90. The molecule has 1 atom stereocenters. The molecule has 0 aromatic heterocycles. The molecule has 0 spiro atoms. The van der Waals surface area contributed by atoms with Crippen LogP contribution in [0.15, 0.2) is 71.6 Å². The van der Waals surface area contributed by atoms with Gasteiger partial charge >= 0.3 is 0 Å². The number of ether oxygens (including phenoxy) is 3. The van der Waals surface area contributed by atoms with E-state index in [4.69, 9.17) is 14.2 Å². The molecular formula is C26H28N2O6S. The zero-order chi connectivity index (χ0) is 25.0. The molecule has 1 aliphatic heterocycles. The normalized spacial score (nSPS) is 15.7. The Labute approximate surface area is 205 Å². The zero-order valence-corrected chi connectivity index (χ0v) is 20.7. The van der Waals surface area contributed by atoms with Crippen molar-refractivity contribution < 1.29 is 27.4 Å². The third kappa shape index (κ3) is 5.11. The quantitative estimate of drug-likeness (QED) is 0.515. The third-order valence-electron chi connectivity index (χ3n) is 6.10. The van der Waals surface area contributed by atoms with E-state index < -0.39 is 16.1 Å². The first-order valence-corrected chi connectivity index (χ1v) is 12.5. The first-order valence-electron chi connectivity index (χ1n) is 11.1. The zero-order valence-electron chi connectivity index (χ0n) is 19.9. The summed E-state index contributed by atoms with van der Waals surface area (Å²) < 4.78 is 44.5. The van der Waals surface area contributed by atoms with Gasteiger partial charge in [-0.3, -0.25) is 4.79 Å². The van der Waals surface area contributed by atoms with Crippen molar-refractivity contribution in [2.24, 2.45) is 0 Å². The second-order valence-corrected chi connectivity index (χ2v) is 10.0. The predicted molar refractivity (Wildman–Crippen MR) is 131 cm³/mol. The molecule has 0 saturated carbocycles. The number of fused-ring (bicyclic) bond motifs is 1. The van der Waals surface area contributed by atoms with Crippen LogP contribution in [-0.4, -0.2) is 46.0 Å². The van der Waals surface area contributed by atoms with Gasteiger partial charge in [-0.25, -0.2) is 8.42 Å². The summed E-state index contributed by atoms with van der Waals surface area (Å²) in [4.78, 5) is 13.4. The number of amides is 1. The molecule has 9 heteroatoms. The monoisotopic (exact) mass is 496 g/mol. The van der Waals surface area contributed by atoms with Crippen LogP contribution in [0.3, 0.4) is 0 Å². The number of carbonyl (C=O) groups is 1. The minimum Gasteiger partial charge on any atom is -0.497 e. The molecule has 0 bridgehead atoms. The standard InChI is InChI=1S/C26H28N2O6S/c1-32-21-10-8-18(9-11-21)16-27-26(29)23-14-19-6-4-5-7-20(19)17-28(23)35(30,31)22-12-13-24(33-2)25(15-22)34-3/h4-13,15,23H,14,16-17H2,1-3H3,(H,27,29)/t23-/m1/s1. The van der Waals surface area contributed by atoms with Crippen molar-refractivity contribution in [3.63, 3.8) is 0 Å². The summed E-state index contributed by atoms with van der Waals surface area (Å²) in [6.45, 7) is 0.360. The van der Waals surface area contributed by atoms with E-state index in [1.54, 1.807) is 13.2 Å². The molecule has 1 heterocycles. The number of benzene rings is 3. The van der Waals surface area contributed by atoms with Crippen LogP contribution in [0, 0.1) is 0 Å². The number of hydrogen-bond donors (Lipinski definition) is 1. The Morgan fingerprint density at radius 3 is 2.26 bits per heavy atom. The maximum absolute atomic E-state index is 13.8. The van der Waals surface area contributed by atoms with E-state index in [0.29, 0.717) is 11.5 Å². The van der Waals surface area contributed by atoms with Gasteiger partial charge in [-0.05, 0) is 47.4 Å². The van der Waals surface area contributed by atoms with Crippen LogP contribution in [0.2, 0.25) is 0 Å². The van der Waals surface area contributed by atoms with Crippen molar-refractivity contribution in [2.45, 2.75) is 30.4 Å². The highest BCUT2D eigenvalue weighted by Gasteiger charge is 2.39. The van der Waals surface area contributed by atoms with Gasteiger partial charge in [0.1, 0.15) is 11.8 Å². The average molecular weight is 497 g/mol. The first kappa shape index (κ1) is 24.6. The minimum atomic E-state index is -4.03. The van der Waals surface area contributed by atoms with Gasteiger partial charge in [0.05, 0.1) is 26.2 Å². The molecular weight excluding hydrogens is 468 g/mol. The van der Waals surface area contributed by atoms with Crippen LogP contribution in [0.1, 0.15) is 16.7 Å². The molecule has 3 aromatic carbocycles. The Hall–Kier alpha value is -3.56. The average Bonchev–Trinajstić information content (AvgIpc) is 2.90. The van der Waals surface area contributed by atoms with E-state index in [1.165, 1.54) is 30.7 Å². The fraction of sp³-hybridized carbons (Fsp3) is 0.269. The lowest BCUT2D eigenvalue weighted by Gasteiger charge is -2.35. The summed E-state index contributed by atoms with van der Waals surface area (Å²) in [5.41, 5.74) is 2.70. The Morgan fingerprint density at radius 2 is 1.60 bits per heavy atom. The van der Waals surface area contributed by atoms with E-state index in [9.17, 15) is 13.2 Å². The van der Waals surface area contributed by atoms with Gasteiger partial charge < -0.3 is 19.5 Å². The van der Waals surface area contributed by atoms with Gasteiger partial charge in [0.25, 0.3) is 0 Å². The number of nitrogens with zero attached hydrogens (tertiary/aromatic N) is 1. The highest BCUT2D eigenvalue weighted by atomic mass is 32.2. The Balaban J connectivity index is 1.64. The molecule has 1 amide bonds. The summed E-state index contributed by atoms with van der Waals surface area (Å²) >= 11 is 0. The molecule has 184 valence electrons. The van der Waals surface area contributed by atoms with Crippen molar-refractivity contribution >= 4 is 15.9 Å². The molecule has 0 saturated heterocycles. The maximum Gasteiger partial charge on any atom is 0.244 e. The lowest BCUT2D eigenvalue weighted by atomic mass is 9.95. The summed E-state index contributed by atoms with van der Waals surface area (Å²) in [7, 11) is 0.489. The fourth-order valence-corrected chi connectivity index (χ4v) is 5.72. The Kier molecular flexibility index (Phi) is 7.28. The first-order chi connectivity index (χ1) is 16.9. The molecule has 1 aliphatic rings. The van der Waals surface area contributed by atoms with Gasteiger partial charge in [0.2, 0.25) is 15.9 Å². The topological polar surface area (TPSA) is 94.2 Å². The largest absolute Gasteiger partial charge is 0.497 e. The van der Waals surface area contributed by atoms with Crippen LogP contribution in [0.25, 0.3) is 0 Å². The molecule has 4 rings (SSSR count). The van der Waals surface area contributed by atoms with E-state index >= 15 is 0 Å². The molecule has 0 aliphatic carbocycles. The number of nitrogens with one attached hydrogen (secondary N) is 1. The molecule has 0 radical (unpaired) electrons. The van der Waals surface area contributed by atoms with Crippen molar-refractivity contribution in [3.8, 4) is 17.2 Å². The second-order valence-electron chi connectivity index (χ2n) is 8.12. The van der Waals surface area contributed by atoms with Gasteiger partial charge in [-0.15, -0.1) is 0 Å². The van der Waals surface area contributed by atoms with Crippen molar-refractivity contribution in [2.75, 3.05) is 21.3 Å². The minimum absolute atomic E-state index is 0.0301. The summed E-state index contributed by atoms with van der Waals surface area (Å²) in [6, 6.07) is 18.4. The van der Waals surface area contributed by atoms with Gasteiger partial charge in [-0.2, -0.15) is 4.31 Å². The summed E-state index contributed by atoms with van der Waals surface area (Å²) in [6.07, 6.45) is 0.275. The molecule has 0 unspecified atom stereocenters. The maximum atomic E-state index is 13.8. The van der Waals surface area contributed by atoms with Gasteiger partial charge in [-0.1, -0.05) is 36.4 Å². The van der Waals surface area contributed by atoms with Crippen LogP contribution >= 0.6 is 0 Å². The van der Waals surface area contributed by atoms with E-state index in [-0.39, 0.29) is 30.3 Å². The highest BCUT2D eigenvalue weighted by Crippen LogP contribution is 2.34.